The fourth-order valence-corrected chi connectivity index (χ4v) is 7.45. The maximum Gasteiger partial charge on any atom is 0.306 e. The molecule has 0 aliphatic rings. The van der Waals surface area contributed by atoms with E-state index in [0.29, 0.717) is 19.4 Å². The fraction of sp³-hybridized carbons (Fsp3) is 0.631. The second-order valence-corrected chi connectivity index (χ2v) is 18.4. The lowest BCUT2D eigenvalue weighted by Gasteiger charge is -2.18. The first-order valence-electron chi connectivity index (χ1n) is 28.7. The quantitative estimate of drug-likeness (QED) is 0.0345. The summed E-state index contributed by atoms with van der Waals surface area (Å²) in [6.45, 7) is 7.40. The van der Waals surface area contributed by atoms with E-state index >= 15 is 0 Å². The highest BCUT2D eigenvalue weighted by Crippen LogP contribution is 2.14. The van der Waals surface area contributed by atoms with Crippen LogP contribution < -0.4 is 0 Å². The lowest BCUT2D eigenvalue weighted by molar-refractivity contribution is -0.163. The van der Waals surface area contributed by atoms with Crippen molar-refractivity contribution in [1.82, 2.24) is 0 Å². The number of hydrogen-bond acceptors (Lipinski definition) is 5. The number of allylic oxidation sites excluding steroid dienone is 22. The Balaban J connectivity index is 4.44. The second kappa shape index (κ2) is 59.3. The van der Waals surface area contributed by atoms with Crippen molar-refractivity contribution in [3.8, 4) is 0 Å². The molecule has 0 heterocycles. The van der Waals surface area contributed by atoms with Crippen LogP contribution in [0.4, 0.5) is 0 Å². The van der Waals surface area contributed by atoms with Gasteiger partial charge in [0.25, 0.3) is 0 Å². The Labute approximate surface area is 432 Å². The van der Waals surface area contributed by atoms with Crippen LogP contribution in [-0.2, 0) is 23.8 Å². The highest BCUT2D eigenvalue weighted by molar-refractivity contribution is 5.70. The minimum atomic E-state index is -0.599. The highest BCUT2D eigenvalue weighted by atomic mass is 16.6. The predicted molar refractivity (Wildman–Crippen MR) is 306 cm³/mol. The van der Waals surface area contributed by atoms with Crippen molar-refractivity contribution in [3.05, 3.63) is 134 Å². The Morgan fingerprint density at radius 2 is 0.643 bits per heavy atom. The van der Waals surface area contributed by atoms with Gasteiger partial charge in [0.1, 0.15) is 6.61 Å². The zero-order valence-corrected chi connectivity index (χ0v) is 45.5. The summed E-state index contributed by atoms with van der Waals surface area (Å²) in [5.74, 6) is -0.485. The first-order valence-corrected chi connectivity index (χ1v) is 28.7. The van der Waals surface area contributed by atoms with E-state index in [2.05, 4.69) is 154 Å². The molecule has 0 amide bonds. The maximum absolute atomic E-state index is 12.8. The largest absolute Gasteiger partial charge is 0.462 e. The number of ether oxygens (including phenoxy) is 3. The van der Waals surface area contributed by atoms with E-state index < -0.39 is 6.10 Å². The average Bonchev–Trinajstić information content (AvgIpc) is 3.36. The number of carbonyl (C=O) groups excluding carboxylic acids is 2. The zero-order chi connectivity index (χ0) is 50.6. The zero-order valence-electron chi connectivity index (χ0n) is 45.5. The van der Waals surface area contributed by atoms with Crippen molar-refractivity contribution >= 4 is 11.9 Å². The topological polar surface area (TPSA) is 61.8 Å². The normalized spacial score (nSPS) is 13.2. The fourth-order valence-electron chi connectivity index (χ4n) is 7.45. The van der Waals surface area contributed by atoms with Gasteiger partial charge in [0.05, 0.1) is 6.61 Å². The van der Waals surface area contributed by atoms with Crippen molar-refractivity contribution in [2.75, 3.05) is 19.8 Å². The molecule has 0 aliphatic heterocycles. The molecule has 0 aromatic heterocycles. The minimum Gasteiger partial charge on any atom is -0.462 e. The smallest absolute Gasteiger partial charge is 0.306 e. The summed E-state index contributed by atoms with van der Waals surface area (Å²) >= 11 is 0. The summed E-state index contributed by atoms with van der Waals surface area (Å²) in [6.07, 6.45) is 84.9. The summed E-state index contributed by atoms with van der Waals surface area (Å²) in [5, 5.41) is 0. The van der Waals surface area contributed by atoms with Crippen LogP contribution in [0.5, 0.6) is 0 Å². The summed E-state index contributed by atoms with van der Waals surface area (Å²) in [7, 11) is 0. The monoisotopic (exact) mass is 967 g/mol. The van der Waals surface area contributed by atoms with Crippen LogP contribution in [0.25, 0.3) is 0 Å². The van der Waals surface area contributed by atoms with E-state index in [1.165, 1.54) is 89.9 Å². The Kier molecular flexibility index (Phi) is 56.0. The first kappa shape index (κ1) is 66.0. The van der Waals surface area contributed by atoms with Gasteiger partial charge in [0, 0.05) is 19.4 Å². The highest BCUT2D eigenvalue weighted by Gasteiger charge is 2.17. The van der Waals surface area contributed by atoms with Crippen molar-refractivity contribution in [1.29, 1.82) is 0 Å². The van der Waals surface area contributed by atoms with Crippen LogP contribution in [0, 0.1) is 0 Å². The predicted octanol–water partition coefficient (Wildman–Crippen LogP) is 19.9. The standard InChI is InChI=1S/C65H106O5/c1-4-7-10-13-16-19-22-25-28-30-32-34-36-39-42-45-48-51-54-57-60-68-61-63(70-65(67)59-56-53-50-47-44-41-37-27-24-21-18-15-12-9-6-3)62-69-64(66)58-55-52-49-46-43-40-38-35-33-31-29-26-23-20-17-14-11-8-5-2/h7,9-10,12,16,18-19,21,25-29,32,34,37,39,42,44,47-48,51,63H,4-6,8,11,13-15,17,20,22-24,30-31,33,35-36,38,40-41,43,45-46,49-50,52-62H2,1-3H3/b10-7-,12-9-,19-16-,21-18-,28-25-,29-26-,34-32-,37-27-,42-39-,47-44-,51-48-. The molecule has 0 radical (unpaired) electrons. The molecule has 0 aliphatic carbocycles. The molecule has 0 aromatic rings. The summed E-state index contributed by atoms with van der Waals surface area (Å²) in [6, 6.07) is 0. The molecule has 1 unspecified atom stereocenters. The van der Waals surface area contributed by atoms with Gasteiger partial charge in [0.15, 0.2) is 6.10 Å². The molecule has 5 heteroatoms. The van der Waals surface area contributed by atoms with Gasteiger partial charge < -0.3 is 14.2 Å². The van der Waals surface area contributed by atoms with Gasteiger partial charge in [0.2, 0.25) is 0 Å². The van der Waals surface area contributed by atoms with Crippen LogP contribution in [0.3, 0.4) is 0 Å². The van der Waals surface area contributed by atoms with Crippen LogP contribution in [0.1, 0.15) is 239 Å². The third kappa shape index (κ3) is 56.6. The summed E-state index contributed by atoms with van der Waals surface area (Å²) in [4.78, 5) is 25.5. The SMILES string of the molecule is CC/C=C\C/C=C\C/C=C\C/C=C\C/C=C\C/C=C\CCCOCC(COC(=O)CCCCCCCCCCC/C=C\CCCCCCCC)OC(=O)CCCC/C=C\C/C=C\C/C=C\C/C=C\CC. The second-order valence-electron chi connectivity index (χ2n) is 18.4. The molecule has 0 aromatic carbocycles. The van der Waals surface area contributed by atoms with Crippen molar-refractivity contribution in [2.24, 2.45) is 0 Å². The Bertz CT molecular complexity index is 1470. The Morgan fingerprint density at radius 3 is 1.07 bits per heavy atom. The van der Waals surface area contributed by atoms with E-state index in [4.69, 9.17) is 14.2 Å². The van der Waals surface area contributed by atoms with Gasteiger partial charge >= 0.3 is 11.9 Å². The molecular weight excluding hydrogens is 861 g/mol. The molecule has 0 rings (SSSR count). The molecule has 0 saturated heterocycles. The van der Waals surface area contributed by atoms with Gasteiger partial charge in [-0.2, -0.15) is 0 Å². The lowest BCUT2D eigenvalue weighted by Crippen LogP contribution is -2.30. The molecule has 0 spiro atoms. The molecule has 1 atom stereocenters. The van der Waals surface area contributed by atoms with Crippen molar-refractivity contribution in [2.45, 2.75) is 245 Å². The molecule has 0 fully saturated rings. The molecular formula is C65H106O5. The third-order valence-electron chi connectivity index (χ3n) is 11.7. The van der Waals surface area contributed by atoms with Gasteiger partial charge in [-0.15, -0.1) is 0 Å². The summed E-state index contributed by atoms with van der Waals surface area (Å²) < 4.78 is 17.4. The van der Waals surface area contributed by atoms with E-state index in [1.807, 2.05) is 0 Å². The first-order chi connectivity index (χ1) is 34.6. The number of unbranched alkanes of at least 4 members (excludes halogenated alkanes) is 18. The van der Waals surface area contributed by atoms with E-state index in [-0.39, 0.29) is 25.2 Å². The minimum absolute atomic E-state index is 0.0363. The molecule has 0 saturated carbocycles. The van der Waals surface area contributed by atoms with Gasteiger partial charge in [-0.05, 0) is 128 Å². The van der Waals surface area contributed by atoms with Crippen LogP contribution in [0.2, 0.25) is 0 Å². The number of hydrogen-bond donors (Lipinski definition) is 0. The van der Waals surface area contributed by atoms with Crippen molar-refractivity contribution < 1.29 is 23.8 Å². The van der Waals surface area contributed by atoms with Crippen LogP contribution in [0.15, 0.2) is 134 Å². The maximum atomic E-state index is 12.8. The number of carbonyl (C=O) groups is 2. The molecule has 5 nitrogen and oxygen atoms in total. The van der Waals surface area contributed by atoms with E-state index in [9.17, 15) is 9.59 Å². The molecule has 396 valence electrons. The van der Waals surface area contributed by atoms with Crippen LogP contribution in [-0.4, -0.2) is 37.9 Å². The molecule has 0 bridgehead atoms. The number of rotatable bonds is 51. The van der Waals surface area contributed by atoms with Crippen molar-refractivity contribution in [3.63, 3.8) is 0 Å². The van der Waals surface area contributed by atoms with E-state index in [1.54, 1.807) is 0 Å². The summed E-state index contributed by atoms with van der Waals surface area (Å²) in [5.41, 5.74) is 0. The van der Waals surface area contributed by atoms with Gasteiger partial charge in [-0.1, -0.05) is 231 Å². The van der Waals surface area contributed by atoms with Crippen LogP contribution >= 0.6 is 0 Å². The molecule has 0 N–H and O–H groups in total. The van der Waals surface area contributed by atoms with Gasteiger partial charge in [-0.25, -0.2) is 0 Å². The molecule has 70 heavy (non-hydrogen) atoms. The third-order valence-corrected chi connectivity index (χ3v) is 11.7. The number of esters is 2. The lowest BCUT2D eigenvalue weighted by atomic mass is 10.1. The Hall–Kier alpha value is -3.96. The Morgan fingerprint density at radius 1 is 0.329 bits per heavy atom. The van der Waals surface area contributed by atoms with Gasteiger partial charge in [-0.3, -0.25) is 9.59 Å². The average molecular weight is 968 g/mol. The van der Waals surface area contributed by atoms with E-state index in [0.717, 1.165) is 116 Å².